The molecule has 0 saturated carbocycles. The summed E-state index contributed by atoms with van der Waals surface area (Å²) in [4.78, 5) is 30.5. The number of anilines is 3. The van der Waals surface area contributed by atoms with E-state index >= 15 is 0 Å². The van der Waals surface area contributed by atoms with Crippen LogP contribution in [0.5, 0.6) is 5.75 Å². The number of fused-ring (bicyclic) bond motifs is 1. The average Bonchev–Trinajstić information content (AvgIpc) is 3.10. The van der Waals surface area contributed by atoms with E-state index in [1.165, 1.54) is 26.4 Å². The number of nitrogens with one attached hydrogen (secondary N) is 1. The molecular weight excluding hydrogens is 614 g/mol. The molecule has 0 fully saturated rings. The van der Waals surface area contributed by atoms with Crippen LogP contribution in [0.4, 0.5) is 17.1 Å². The smallest absolute Gasteiger partial charge is 0.337 e. The summed E-state index contributed by atoms with van der Waals surface area (Å²) in [6.07, 6.45) is -0.635. The van der Waals surface area contributed by atoms with Crippen LogP contribution in [0, 0.1) is 6.92 Å². The van der Waals surface area contributed by atoms with Gasteiger partial charge in [0.25, 0.3) is 15.9 Å². The Morgan fingerprint density at radius 2 is 1.51 bits per heavy atom. The van der Waals surface area contributed by atoms with E-state index in [4.69, 9.17) is 9.47 Å². The number of ether oxygens (including phenoxy) is 2. The van der Waals surface area contributed by atoms with E-state index in [-0.39, 0.29) is 16.4 Å². The first-order chi connectivity index (χ1) is 22.7. The van der Waals surface area contributed by atoms with Gasteiger partial charge in [0, 0.05) is 17.9 Å². The summed E-state index contributed by atoms with van der Waals surface area (Å²) >= 11 is 0. The summed E-state index contributed by atoms with van der Waals surface area (Å²) in [5, 5.41) is 0. The van der Waals surface area contributed by atoms with Gasteiger partial charge in [0.15, 0.2) is 0 Å². The zero-order valence-corrected chi connectivity index (χ0v) is 26.9. The topological polar surface area (TPSA) is 105 Å². The molecule has 238 valence electrons. The number of sulfonamides is 1. The van der Waals surface area contributed by atoms with Crippen LogP contribution in [0.1, 0.15) is 43.6 Å². The predicted octanol–water partition coefficient (Wildman–Crippen LogP) is 6.96. The Bertz CT molecular complexity index is 2010. The van der Waals surface area contributed by atoms with Crippen LogP contribution in [0.3, 0.4) is 0 Å². The number of esters is 1. The second-order valence-corrected chi connectivity index (χ2v) is 12.8. The Hall–Kier alpha value is -5.61. The molecule has 0 aromatic heterocycles. The largest absolute Gasteiger partial charge is 0.497 e. The third-order valence-corrected chi connectivity index (χ3v) is 9.44. The number of aryl methyl sites for hydroxylation is 1. The molecule has 5 aromatic carbocycles. The molecule has 0 spiro atoms. The number of methoxy groups -OCH3 is 2. The van der Waals surface area contributed by atoms with E-state index in [0.29, 0.717) is 34.9 Å². The third-order valence-electron chi connectivity index (χ3n) is 8.06. The highest BCUT2D eigenvalue weighted by Gasteiger charge is 2.40. The summed E-state index contributed by atoms with van der Waals surface area (Å²) < 4.78 is 39.9. The third kappa shape index (κ3) is 6.41. The van der Waals surface area contributed by atoms with Crippen molar-refractivity contribution in [3.8, 4) is 5.75 Å². The monoisotopic (exact) mass is 647 g/mol. The lowest BCUT2D eigenvalue weighted by atomic mass is 9.98. The van der Waals surface area contributed by atoms with Crippen molar-refractivity contribution in [2.24, 2.45) is 0 Å². The van der Waals surface area contributed by atoms with Crippen molar-refractivity contribution in [2.75, 3.05) is 28.7 Å². The van der Waals surface area contributed by atoms with Crippen molar-refractivity contribution in [1.29, 1.82) is 0 Å². The number of hydrogen-bond acceptors (Lipinski definition) is 7. The SMILES string of the molecule is COC(=O)c1ccc([C@H]2N(Cc3ccccc3)c3ccc(S(=O)(=O)Nc4ccc(OC)cc4)cc3C(=O)N2c2ccc(C)cc2)cc1. The second-order valence-electron chi connectivity index (χ2n) is 11.1. The molecule has 10 heteroatoms. The summed E-state index contributed by atoms with van der Waals surface area (Å²) in [6, 6.07) is 35.6. The number of hydrogen-bond donors (Lipinski definition) is 1. The number of carbonyl (C=O) groups excluding carboxylic acids is 2. The second kappa shape index (κ2) is 13.0. The number of nitrogens with zero attached hydrogens (tertiary/aromatic N) is 2. The van der Waals surface area contributed by atoms with Crippen LogP contribution in [0.2, 0.25) is 0 Å². The fourth-order valence-electron chi connectivity index (χ4n) is 5.64. The molecule has 5 aromatic rings. The van der Waals surface area contributed by atoms with Gasteiger partial charge in [0.1, 0.15) is 11.9 Å². The average molecular weight is 648 g/mol. The molecule has 1 aliphatic heterocycles. The van der Waals surface area contributed by atoms with Crippen molar-refractivity contribution in [3.63, 3.8) is 0 Å². The zero-order chi connectivity index (χ0) is 33.1. The molecule has 1 amide bonds. The maximum Gasteiger partial charge on any atom is 0.337 e. The van der Waals surface area contributed by atoms with Gasteiger partial charge in [-0.3, -0.25) is 14.4 Å². The molecule has 1 N–H and O–H groups in total. The first-order valence-corrected chi connectivity index (χ1v) is 16.4. The molecule has 0 bridgehead atoms. The summed E-state index contributed by atoms with van der Waals surface area (Å²) in [6.45, 7) is 2.37. The molecule has 1 heterocycles. The Morgan fingerprint density at radius 3 is 2.15 bits per heavy atom. The Labute approximate surface area is 274 Å². The molecule has 0 aliphatic carbocycles. The van der Waals surface area contributed by atoms with Crippen LogP contribution >= 0.6 is 0 Å². The Balaban J connectivity index is 1.50. The molecule has 9 nitrogen and oxygen atoms in total. The Morgan fingerprint density at radius 1 is 0.830 bits per heavy atom. The summed E-state index contributed by atoms with van der Waals surface area (Å²) in [7, 11) is -1.20. The molecule has 0 radical (unpaired) electrons. The van der Waals surface area contributed by atoms with Gasteiger partial charge in [-0.25, -0.2) is 13.2 Å². The summed E-state index contributed by atoms with van der Waals surface area (Å²) in [5.41, 5.74) is 4.96. The lowest BCUT2D eigenvalue weighted by Gasteiger charge is -2.46. The van der Waals surface area contributed by atoms with E-state index in [1.807, 2.05) is 73.7 Å². The fraction of sp³-hybridized carbons (Fsp3) is 0.135. The van der Waals surface area contributed by atoms with Gasteiger partial charge < -0.3 is 14.4 Å². The van der Waals surface area contributed by atoms with Gasteiger partial charge >= 0.3 is 5.97 Å². The van der Waals surface area contributed by atoms with Gasteiger partial charge in [0.05, 0.1) is 35.9 Å². The first kappa shape index (κ1) is 31.4. The minimum atomic E-state index is -4.06. The van der Waals surface area contributed by atoms with Crippen molar-refractivity contribution >= 4 is 39.0 Å². The lowest BCUT2D eigenvalue weighted by Crippen LogP contribution is -2.49. The van der Waals surface area contributed by atoms with Crippen LogP contribution in [-0.4, -0.2) is 34.5 Å². The highest BCUT2D eigenvalue weighted by atomic mass is 32.2. The van der Waals surface area contributed by atoms with Crippen LogP contribution in [0.15, 0.2) is 126 Å². The highest BCUT2D eigenvalue weighted by Crippen LogP contribution is 2.43. The fourth-order valence-corrected chi connectivity index (χ4v) is 6.73. The van der Waals surface area contributed by atoms with Crippen LogP contribution in [0.25, 0.3) is 0 Å². The quantitative estimate of drug-likeness (QED) is 0.173. The minimum Gasteiger partial charge on any atom is -0.497 e. The maximum atomic E-state index is 14.6. The number of amides is 1. The lowest BCUT2D eigenvalue weighted by molar-refractivity contribution is 0.0600. The van der Waals surface area contributed by atoms with E-state index in [0.717, 1.165) is 16.7 Å². The number of carbonyl (C=O) groups is 2. The highest BCUT2D eigenvalue weighted by molar-refractivity contribution is 7.92. The van der Waals surface area contributed by atoms with Crippen molar-refractivity contribution < 1.29 is 27.5 Å². The number of rotatable bonds is 9. The van der Waals surface area contributed by atoms with E-state index in [9.17, 15) is 18.0 Å². The molecule has 1 atom stereocenters. The molecule has 1 aliphatic rings. The summed E-state index contributed by atoms with van der Waals surface area (Å²) in [5.74, 6) is -0.233. The van der Waals surface area contributed by atoms with E-state index < -0.39 is 22.2 Å². The van der Waals surface area contributed by atoms with Crippen molar-refractivity contribution in [1.82, 2.24) is 0 Å². The van der Waals surface area contributed by atoms with Gasteiger partial charge in [0.2, 0.25) is 0 Å². The molecule has 47 heavy (non-hydrogen) atoms. The number of benzene rings is 5. The zero-order valence-electron chi connectivity index (χ0n) is 26.1. The van der Waals surface area contributed by atoms with E-state index in [2.05, 4.69) is 9.62 Å². The standard InChI is InChI=1S/C37H33N3O6S/c1-25-9-17-30(18-10-25)40-35(27-11-13-28(14-12-27)37(42)46-3)39(24-26-7-5-4-6-8-26)34-22-21-32(23-33(34)36(40)41)47(43,44)38-29-15-19-31(45-2)20-16-29/h4-23,35,38H,24H2,1-3H3/t35-/m0/s1. The molecule has 0 saturated heterocycles. The Kier molecular flexibility index (Phi) is 8.69. The van der Waals surface area contributed by atoms with E-state index in [1.54, 1.807) is 47.4 Å². The van der Waals surface area contributed by atoms with Gasteiger partial charge in [-0.15, -0.1) is 0 Å². The van der Waals surface area contributed by atoms with Gasteiger partial charge in [-0.2, -0.15) is 0 Å². The predicted molar refractivity (Wildman–Crippen MR) is 181 cm³/mol. The molecular formula is C37H33N3O6S. The molecule has 6 rings (SSSR count). The normalized spacial score (nSPS) is 14.4. The first-order valence-electron chi connectivity index (χ1n) is 14.9. The van der Waals surface area contributed by atoms with Gasteiger partial charge in [-0.05, 0) is 84.8 Å². The van der Waals surface area contributed by atoms with Crippen LogP contribution < -0.4 is 19.3 Å². The molecule has 0 unspecified atom stereocenters. The minimum absolute atomic E-state index is 0.0511. The van der Waals surface area contributed by atoms with Crippen LogP contribution in [-0.2, 0) is 21.3 Å². The van der Waals surface area contributed by atoms with Crippen molar-refractivity contribution in [2.45, 2.75) is 24.5 Å². The van der Waals surface area contributed by atoms with Crippen molar-refractivity contribution in [3.05, 3.63) is 149 Å². The van der Waals surface area contributed by atoms with Gasteiger partial charge in [-0.1, -0.05) is 60.2 Å². The maximum absolute atomic E-state index is 14.6.